The Kier molecular flexibility index (Phi) is 4.07. The fourth-order valence-corrected chi connectivity index (χ4v) is 3.23. The van der Waals surface area contributed by atoms with Crippen LogP contribution in [-0.4, -0.2) is 17.6 Å². The van der Waals surface area contributed by atoms with Gasteiger partial charge in [0, 0.05) is 17.9 Å². The standard InChI is InChI=1S/C17H25NO2/c1-12(2)17(16(19)20-5)9-8-15(10-17)11-18-13(3)6-7-14(18)4/h6-9,12,15H,10-11H2,1-5H3/t15-,17+/m1/s1. The molecule has 1 aliphatic rings. The number of nitrogens with zero attached hydrogens (tertiary/aromatic N) is 1. The molecule has 1 aromatic rings. The van der Waals surface area contributed by atoms with Crippen LogP contribution < -0.4 is 0 Å². The van der Waals surface area contributed by atoms with Crippen LogP contribution in [0.5, 0.6) is 0 Å². The summed E-state index contributed by atoms with van der Waals surface area (Å²) in [6.45, 7) is 9.38. The van der Waals surface area contributed by atoms with Gasteiger partial charge in [0.05, 0.1) is 12.5 Å². The van der Waals surface area contributed by atoms with Gasteiger partial charge in [0.2, 0.25) is 0 Å². The van der Waals surface area contributed by atoms with Crippen molar-refractivity contribution in [2.24, 2.45) is 17.3 Å². The van der Waals surface area contributed by atoms with Crippen LogP contribution in [0.2, 0.25) is 0 Å². The molecule has 0 N–H and O–H groups in total. The number of ether oxygens (including phenoxy) is 1. The van der Waals surface area contributed by atoms with Crippen molar-refractivity contribution >= 4 is 5.97 Å². The lowest BCUT2D eigenvalue weighted by Gasteiger charge is -2.30. The topological polar surface area (TPSA) is 31.2 Å². The zero-order valence-electron chi connectivity index (χ0n) is 13.1. The Morgan fingerprint density at radius 3 is 2.50 bits per heavy atom. The van der Waals surface area contributed by atoms with E-state index in [1.165, 1.54) is 18.5 Å². The third-order valence-electron chi connectivity index (χ3n) is 4.70. The normalized spacial score (nSPS) is 25.4. The molecule has 1 aromatic heterocycles. The number of aromatic nitrogens is 1. The number of esters is 1. The Balaban J connectivity index is 2.16. The molecule has 110 valence electrons. The van der Waals surface area contributed by atoms with Gasteiger partial charge in [0.25, 0.3) is 0 Å². The average molecular weight is 275 g/mol. The van der Waals surface area contributed by atoms with Crippen molar-refractivity contribution in [1.29, 1.82) is 0 Å². The lowest BCUT2D eigenvalue weighted by molar-refractivity contribution is -0.152. The number of carbonyl (C=O) groups excluding carboxylic acids is 1. The Bertz CT molecular complexity index is 508. The largest absolute Gasteiger partial charge is 0.468 e. The molecule has 0 saturated heterocycles. The Morgan fingerprint density at radius 2 is 2.00 bits per heavy atom. The van der Waals surface area contributed by atoms with Crippen molar-refractivity contribution in [3.63, 3.8) is 0 Å². The Hall–Kier alpha value is -1.51. The number of rotatable bonds is 4. The first kappa shape index (κ1) is 14.9. The van der Waals surface area contributed by atoms with Crippen molar-refractivity contribution in [1.82, 2.24) is 4.57 Å². The van der Waals surface area contributed by atoms with Gasteiger partial charge < -0.3 is 9.30 Å². The SMILES string of the molecule is COC(=O)[C@@]1(C(C)C)C=C[C@@H](Cn2c(C)ccc2C)C1. The summed E-state index contributed by atoms with van der Waals surface area (Å²) in [6.07, 6.45) is 5.10. The van der Waals surface area contributed by atoms with Crippen LogP contribution in [0, 0.1) is 31.1 Å². The highest BCUT2D eigenvalue weighted by molar-refractivity contribution is 5.80. The molecule has 3 nitrogen and oxygen atoms in total. The molecule has 0 aliphatic heterocycles. The van der Waals surface area contributed by atoms with Crippen LogP contribution in [0.25, 0.3) is 0 Å². The van der Waals surface area contributed by atoms with Crippen LogP contribution in [-0.2, 0) is 16.1 Å². The zero-order chi connectivity index (χ0) is 14.9. The van der Waals surface area contributed by atoms with Gasteiger partial charge in [-0.15, -0.1) is 0 Å². The first-order valence-corrected chi connectivity index (χ1v) is 7.31. The van der Waals surface area contributed by atoms with Crippen LogP contribution in [0.3, 0.4) is 0 Å². The van der Waals surface area contributed by atoms with Gasteiger partial charge in [0.1, 0.15) is 0 Å². The van der Waals surface area contributed by atoms with Crippen LogP contribution in [0.4, 0.5) is 0 Å². The molecule has 0 radical (unpaired) electrons. The summed E-state index contributed by atoms with van der Waals surface area (Å²) in [6, 6.07) is 4.29. The summed E-state index contributed by atoms with van der Waals surface area (Å²) in [5.41, 5.74) is 2.10. The van der Waals surface area contributed by atoms with Crippen molar-refractivity contribution in [2.45, 2.75) is 40.7 Å². The summed E-state index contributed by atoms with van der Waals surface area (Å²) < 4.78 is 7.35. The van der Waals surface area contributed by atoms with Gasteiger partial charge in [-0.25, -0.2) is 0 Å². The minimum atomic E-state index is -0.450. The molecule has 0 aromatic carbocycles. The number of aryl methyl sites for hydroxylation is 2. The molecular weight excluding hydrogens is 250 g/mol. The van der Waals surface area contributed by atoms with E-state index in [0.29, 0.717) is 5.92 Å². The van der Waals surface area contributed by atoms with E-state index >= 15 is 0 Å². The second-order valence-electron chi connectivity index (χ2n) is 6.24. The monoisotopic (exact) mass is 275 g/mol. The first-order valence-electron chi connectivity index (χ1n) is 7.31. The summed E-state index contributed by atoms with van der Waals surface area (Å²) in [5, 5.41) is 0. The number of hydrogen-bond donors (Lipinski definition) is 0. The molecule has 0 saturated carbocycles. The minimum Gasteiger partial charge on any atom is -0.468 e. The lowest BCUT2D eigenvalue weighted by atomic mass is 9.75. The molecule has 3 heteroatoms. The zero-order valence-corrected chi connectivity index (χ0v) is 13.1. The molecule has 0 fully saturated rings. The third kappa shape index (κ3) is 2.41. The van der Waals surface area contributed by atoms with Crippen LogP contribution in [0.1, 0.15) is 31.7 Å². The quantitative estimate of drug-likeness (QED) is 0.622. The van der Waals surface area contributed by atoms with E-state index in [-0.39, 0.29) is 11.9 Å². The van der Waals surface area contributed by atoms with E-state index in [4.69, 9.17) is 4.74 Å². The third-order valence-corrected chi connectivity index (χ3v) is 4.70. The molecule has 2 rings (SSSR count). The number of carbonyl (C=O) groups is 1. The summed E-state index contributed by atoms with van der Waals surface area (Å²) >= 11 is 0. The molecule has 0 spiro atoms. The first-order chi connectivity index (χ1) is 9.40. The fourth-order valence-electron chi connectivity index (χ4n) is 3.23. The van der Waals surface area contributed by atoms with Crippen LogP contribution >= 0.6 is 0 Å². The van der Waals surface area contributed by atoms with Gasteiger partial charge >= 0.3 is 5.97 Å². The minimum absolute atomic E-state index is 0.104. The van der Waals surface area contributed by atoms with Crippen molar-refractivity contribution in [3.8, 4) is 0 Å². The van der Waals surface area contributed by atoms with Gasteiger partial charge in [-0.2, -0.15) is 0 Å². The van der Waals surface area contributed by atoms with E-state index < -0.39 is 5.41 Å². The molecule has 1 heterocycles. The van der Waals surface area contributed by atoms with E-state index in [9.17, 15) is 4.79 Å². The van der Waals surface area contributed by atoms with E-state index in [1.54, 1.807) is 0 Å². The highest BCUT2D eigenvalue weighted by atomic mass is 16.5. The number of methoxy groups -OCH3 is 1. The summed E-state index contributed by atoms with van der Waals surface area (Å²) in [4.78, 5) is 12.2. The molecule has 0 bridgehead atoms. The second-order valence-corrected chi connectivity index (χ2v) is 6.24. The van der Waals surface area contributed by atoms with Crippen molar-refractivity contribution in [2.75, 3.05) is 7.11 Å². The second kappa shape index (κ2) is 5.47. The molecule has 2 atom stereocenters. The predicted octanol–water partition coefficient (Wildman–Crippen LogP) is 3.50. The summed E-state index contributed by atoms with van der Waals surface area (Å²) in [5.74, 6) is 0.538. The average Bonchev–Trinajstić information content (AvgIpc) is 2.98. The molecular formula is C17H25NO2. The van der Waals surface area contributed by atoms with Crippen molar-refractivity contribution in [3.05, 3.63) is 35.7 Å². The maximum atomic E-state index is 12.2. The van der Waals surface area contributed by atoms with Gasteiger partial charge in [-0.1, -0.05) is 26.0 Å². The van der Waals surface area contributed by atoms with E-state index in [1.807, 2.05) is 0 Å². The molecule has 20 heavy (non-hydrogen) atoms. The van der Waals surface area contributed by atoms with Gasteiger partial charge in [-0.3, -0.25) is 4.79 Å². The maximum Gasteiger partial charge on any atom is 0.315 e. The number of hydrogen-bond acceptors (Lipinski definition) is 2. The lowest BCUT2D eigenvalue weighted by Crippen LogP contribution is -2.35. The Morgan fingerprint density at radius 1 is 1.40 bits per heavy atom. The molecule has 0 unspecified atom stereocenters. The smallest absolute Gasteiger partial charge is 0.315 e. The van der Waals surface area contributed by atoms with Crippen LogP contribution in [0.15, 0.2) is 24.3 Å². The van der Waals surface area contributed by atoms with Crippen molar-refractivity contribution < 1.29 is 9.53 Å². The highest BCUT2D eigenvalue weighted by Gasteiger charge is 2.45. The van der Waals surface area contributed by atoms with Gasteiger partial charge in [0.15, 0.2) is 0 Å². The highest BCUT2D eigenvalue weighted by Crippen LogP contribution is 2.43. The number of allylic oxidation sites excluding steroid dienone is 1. The Labute approximate surface area is 121 Å². The van der Waals surface area contributed by atoms with E-state index in [2.05, 4.69) is 56.5 Å². The van der Waals surface area contributed by atoms with E-state index in [0.717, 1.165) is 13.0 Å². The molecule has 1 aliphatic carbocycles. The maximum absolute atomic E-state index is 12.2. The summed E-state index contributed by atoms with van der Waals surface area (Å²) in [7, 11) is 1.48. The predicted molar refractivity (Wildman–Crippen MR) is 80.4 cm³/mol. The fraction of sp³-hybridized carbons (Fsp3) is 0.588. The molecule has 0 amide bonds. The van der Waals surface area contributed by atoms with Gasteiger partial charge in [-0.05, 0) is 44.2 Å².